The third-order valence-electron chi connectivity index (χ3n) is 4.79. The Bertz CT molecular complexity index is 1130. The Hall–Kier alpha value is -3.73. The van der Waals surface area contributed by atoms with Crippen LogP contribution in [0, 0.1) is 18.3 Å². The molecule has 3 heterocycles. The summed E-state index contributed by atoms with van der Waals surface area (Å²) in [4.78, 5) is 11.8. The minimum Gasteiger partial charge on any atom is -0.468 e. The van der Waals surface area contributed by atoms with E-state index in [0.29, 0.717) is 11.5 Å². The van der Waals surface area contributed by atoms with Gasteiger partial charge in [-0.1, -0.05) is 18.2 Å². The molecule has 0 spiro atoms. The third kappa shape index (κ3) is 2.52. The third-order valence-corrected chi connectivity index (χ3v) is 4.79. The number of benzene rings is 1. The van der Waals surface area contributed by atoms with Crippen LogP contribution in [0.2, 0.25) is 0 Å². The van der Waals surface area contributed by atoms with Crippen LogP contribution in [0.25, 0.3) is 10.9 Å². The van der Waals surface area contributed by atoms with Crippen molar-refractivity contribution in [3.8, 4) is 11.9 Å². The van der Waals surface area contributed by atoms with Crippen molar-refractivity contribution in [1.29, 1.82) is 5.26 Å². The van der Waals surface area contributed by atoms with E-state index in [1.54, 1.807) is 0 Å². The molecule has 3 aromatic rings. The molecule has 0 saturated carbocycles. The Morgan fingerprint density at radius 3 is 3.00 bits per heavy atom. The summed E-state index contributed by atoms with van der Waals surface area (Å²) in [6.07, 6.45) is 1.86. The number of nitrogens with one attached hydrogen (secondary N) is 1. The minimum atomic E-state index is -0.443. The number of ether oxygens (including phenoxy) is 2. The highest BCUT2D eigenvalue weighted by molar-refractivity contribution is 5.87. The van der Waals surface area contributed by atoms with E-state index in [2.05, 4.69) is 16.3 Å². The van der Waals surface area contributed by atoms with Crippen molar-refractivity contribution >= 4 is 16.9 Å². The Morgan fingerprint density at radius 2 is 2.26 bits per heavy atom. The molecule has 1 atom stereocenters. The van der Waals surface area contributed by atoms with Gasteiger partial charge in [-0.25, -0.2) is 0 Å². The number of hydrogen-bond donors (Lipinski definition) is 2. The van der Waals surface area contributed by atoms with Gasteiger partial charge in [-0.3, -0.25) is 9.89 Å². The van der Waals surface area contributed by atoms with Gasteiger partial charge in [0, 0.05) is 28.4 Å². The van der Waals surface area contributed by atoms with E-state index in [-0.39, 0.29) is 18.4 Å². The van der Waals surface area contributed by atoms with E-state index >= 15 is 0 Å². The predicted molar refractivity (Wildman–Crippen MR) is 96.6 cm³/mol. The molecular formula is C19H17N5O3. The Morgan fingerprint density at radius 1 is 1.48 bits per heavy atom. The van der Waals surface area contributed by atoms with Gasteiger partial charge in [-0.15, -0.1) is 5.10 Å². The fraction of sp³-hybridized carbons (Fsp3) is 0.211. The molecular weight excluding hydrogens is 346 g/mol. The van der Waals surface area contributed by atoms with Gasteiger partial charge in [-0.2, -0.15) is 5.26 Å². The number of H-pyrrole nitrogens is 1. The number of aromatic amines is 1. The molecule has 2 aromatic heterocycles. The zero-order chi connectivity index (χ0) is 19.1. The standard InChI is InChI=1S/C19H17N5O3/c1-10-16-17(12(7-20)18(21)27-19(16)23-22-10)13-8-24(9-15(25)26-2)14-6-4-3-5-11(13)14/h3-6,8,17H,9,21H2,1-2H3,(H,22,23)/t17-/m1/s1. The van der Waals surface area contributed by atoms with Crippen LogP contribution in [0.15, 0.2) is 41.9 Å². The van der Waals surface area contributed by atoms with Crippen LogP contribution < -0.4 is 10.5 Å². The Labute approximate surface area is 154 Å². The molecule has 1 aliphatic rings. The molecule has 3 N–H and O–H groups in total. The zero-order valence-corrected chi connectivity index (χ0v) is 14.8. The molecule has 8 heteroatoms. The largest absolute Gasteiger partial charge is 0.468 e. The number of carbonyl (C=O) groups excluding carboxylic acids is 1. The summed E-state index contributed by atoms with van der Waals surface area (Å²) in [5, 5.41) is 17.7. The van der Waals surface area contributed by atoms with Crippen molar-refractivity contribution < 1.29 is 14.3 Å². The van der Waals surface area contributed by atoms with E-state index < -0.39 is 5.92 Å². The van der Waals surface area contributed by atoms with Crippen LogP contribution in [-0.2, 0) is 16.1 Å². The summed E-state index contributed by atoms with van der Waals surface area (Å²) in [7, 11) is 1.35. The number of rotatable bonds is 3. The summed E-state index contributed by atoms with van der Waals surface area (Å²) in [5.74, 6) is -0.406. The first-order valence-electron chi connectivity index (χ1n) is 8.32. The molecule has 0 aliphatic carbocycles. The highest BCUT2D eigenvalue weighted by atomic mass is 16.5. The maximum Gasteiger partial charge on any atom is 0.325 e. The smallest absolute Gasteiger partial charge is 0.325 e. The maximum atomic E-state index is 11.8. The lowest BCUT2D eigenvalue weighted by atomic mass is 9.84. The van der Waals surface area contributed by atoms with E-state index in [1.165, 1.54) is 7.11 Å². The van der Waals surface area contributed by atoms with Crippen LogP contribution in [0.5, 0.6) is 5.88 Å². The molecule has 1 aromatic carbocycles. The molecule has 0 amide bonds. The highest BCUT2D eigenvalue weighted by Crippen LogP contribution is 2.45. The highest BCUT2D eigenvalue weighted by Gasteiger charge is 2.36. The van der Waals surface area contributed by atoms with Crippen LogP contribution >= 0.6 is 0 Å². The van der Waals surface area contributed by atoms with Crippen molar-refractivity contribution in [2.75, 3.05) is 7.11 Å². The lowest BCUT2D eigenvalue weighted by Crippen LogP contribution is -2.21. The second kappa shape index (κ2) is 6.21. The van der Waals surface area contributed by atoms with Gasteiger partial charge < -0.3 is 19.8 Å². The van der Waals surface area contributed by atoms with Gasteiger partial charge in [0.2, 0.25) is 11.8 Å². The number of nitriles is 1. The second-order valence-corrected chi connectivity index (χ2v) is 6.30. The Kier molecular flexibility index (Phi) is 3.85. The van der Waals surface area contributed by atoms with Gasteiger partial charge in [-0.05, 0) is 18.6 Å². The van der Waals surface area contributed by atoms with Gasteiger partial charge in [0.1, 0.15) is 18.2 Å². The average Bonchev–Trinajstić information content (AvgIpc) is 3.21. The molecule has 0 radical (unpaired) electrons. The van der Waals surface area contributed by atoms with Gasteiger partial charge in [0.25, 0.3) is 0 Å². The number of methoxy groups -OCH3 is 1. The lowest BCUT2D eigenvalue weighted by molar-refractivity contribution is -0.141. The van der Waals surface area contributed by atoms with Crippen molar-refractivity contribution in [3.63, 3.8) is 0 Å². The van der Waals surface area contributed by atoms with E-state index in [9.17, 15) is 10.1 Å². The summed E-state index contributed by atoms with van der Waals surface area (Å²) in [6.45, 7) is 1.94. The first kappa shape index (κ1) is 16.7. The summed E-state index contributed by atoms with van der Waals surface area (Å²) < 4.78 is 12.1. The van der Waals surface area contributed by atoms with Crippen LogP contribution in [0.1, 0.15) is 22.7 Å². The molecule has 1 aliphatic heterocycles. The first-order valence-corrected chi connectivity index (χ1v) is 8.32. The molecule has 0 unspecified atom stereocenters. The molecule has 0 fully saturated rings. The monoisotopic (exact) mass is 363 g/mol. The van der Waals surface area contributed by atoms with Crippen molar-refractivity contribution in [2.24, 2.45) is 5.73 Å². The Balaban J connectivity index is 1.98. The molecule has 27 heavy (non-hydrogen) atoms. The number of hydrogen-bond acceptors (Lipinski definition) is 6. The predicted octanol–water partition coefficient (Wildman–Crippen LogP) is 2.06. The molecule has 136 valence electrons. The summed E-state index contributed by atoms with van der Waals surface area (Å²) >= 11 is 0. The number of aromatic nitrogens is 3. The number of aryl methyl sites for hydroxylation is 1. The van der Waals surface area contributed by atoms with Gasteiger partial charge in [0.05, 0.1) is 13.0 Å². The first-order chi connectivity index (χ1) is 13.0. The SMILES string of the molecule is COC(=O)Cn1cc([C@H]2C(C#N)=C(N)Oc3n[nH]c(C)c32)c2ccccc21. The average molecular weight is 363 g/mol. The molecule has 8 nitrogen and oxygen atoms in total. The second-order valence-electron chi connectivity index (χ2n) is 6.30. The maximum absolute atomic E-state index is 11.8. The fourth-order valence-corrected chi connectivity index (χ4v) is 3.55. The quantitative estimate of drug-likeness (QED) is 0.688. The van der Waals surface area contributed by atoms with E-state index in [1.807, 2.05) is 42.0 Å². The van der Waals surface area contributed by atoms with Crippen LogP contribution in [0.4, 0.5) is 0 Å². The number of nitrogens with zero attached hydrogens (tertiary/aromatic N) is 3. The number of para-hydroxylation sites is 1. The van der Waals surface area contributed by atoms with Crippen LogP contribution in [-0.4, -0.2) is 27.8 Å². The van der Waals surface area contributed by atoms with E-state index in [0.717, 1.165) is 27.7 Å². The van der Waals surface area contributed by atoms with Gasteiger partial charge in [0.15, 0.2) is 0 Å². The summed E-state index contributed by atoms with van der Waals surface area (Å²) in [6, 6.07) is 9.85. The normalized spacial score (nSPS) is 16.0. The van der Waals surface area contributed by atoms with Crippen molar-refractivity contribution in [3.05, 3.63) is 58.7 Å². The summed E-state index contributed by atoms with van der Waals surface area (Å²) in [5.41, 5.74) is 9.58. The number of esters is 1. The molecule has 0 saturated heterocycles. The number of allylic oxidation sites excluding steroid dienone is 1. The van der Waals surface area contributed by atoms with Gasteiger partial charge >= 0.3 is 5.97 Å². The van der Waals surface area contributed by atoms with Crippen molar-refractivity contribution in [1.82, 2.24) is 14.8 Å². The minimum absolute atomic E-state index is 0.0336. The topological polar surface area (TPSA) is 119 Å². The van der Waals surface area contributed by atoms with Crippen molar-refractivity contribution in [2.45, 2.75) is 19.4 Å². The van der Waals surface area contributed by atoms with E-state index in [4.69, 9.17) is 15.2 Å². The molecule has 0 bridgehead atoms. The fourth-order valence-electron chi connectivity index (χ4n) is 3.55. The lowest BCUT2D eigenvalue weighted by Gasteiger charge is -2.23. The number of carbonyl (C=O) groups is 1. The number of fused-ring (bicyclic) bond motifs is 2. The zero-order valence-electron chi connectivity index (χ0n) is 14.8. The number of nitrogens with two attached hydrogens (primary N) is 1. The molecule has 4 rings (SSSR count). The van der Waals surface area contributed by atoms with Crippen LogP contribution in [0.3, 0.4) is 0 Å².